The molecule has 1 N–H and O–H groups in total. The van der Waals surface area contributed by atoms with E-state index < -0.39 is 12.0 Å². The minimum Gasteiger partial charge on any atom is -0.497 e. The smallest absolute Gasteiger partial charge is 0.338 e. The zero-order valence-electron chi connectivity index (χ0n) is 22.8. The van der Waals surface area contributed by atoms with Crippen LogP contribution in [0.5, 0.6) is 5.75 Å². The van der Waals surface area contributed by atoms with Crippen LogP contribution in [0.2, 0.25) is 5.02 Å². The molecule has 9 nitrogen and oxygen atoms in total. The van der Waals surface area contributed by atoms with Crippen molar-refractivity contribution in [1.82, 2.24) is 20.0 Å². The maximum absolute atomic E-state index is 13.4. The average Bonchev–Trinajstić information content (AvgIpc) is 2.93. The molecule has 3 amide bonds. The van der Waals surface area contributed by atoms with Crippen LogP contribution >= 0.6 is 11.6 Å². The number of piperazine rings is 1. The number of esters is 1. The Kier molecular flexibility index (Phi) is 9.14. The van der Waals surface area contributed by atoms with Crippen LogP contribution in [0, 0.1) is 0 Å². The largest absolute Gasteiger partial charge is 0.497 e. The molecule has 2 atom stereocenters. The van der Waals surface area contributed by atoms with E-state index in [9.17, 15) is 14.4 Å². The van der Waals surface area contributed by atoms with Crippen molar-refractivity contribution in [1.29, 1.82) is 0 Å². The first kappa shape index (κ1) is 28.4. The molecule has 1 saturated heterocycles. The van der Waals surface area contributed by atoms with E-state index in [1.165, 1.54) is 0 Å². The Labute approximate surface area is 234 Å². The molecular weight excluding hydrogens is 520 g/mol. The third-order valence-corrected chi connectivity index (χ3v) is 7.37. The molecule has 0 aromatic heterocycles. The zero-order chi connectivity index (χ0) is 28.1. The van der Waals surface area contributed by atoms with Crippen LogP contribution in [-0.4, -0.2) is 85.1 Å². The van der Waals surface area contributed by atoms with Crippen molar-refractivity contribution in [3.8, 4) is 5.75 Å². The second kappa shape index (κ2) is 12.5. The Bertz CT molecular complexity index is 1250. The van der Waals surface area contributed by atoms with E-state index in [1.54, 1.807) is 43.2 Å². The van der Waals surface area contributed by atoms with E-state index in [0.29, 0.717) is 60.3 Å². The maximum atomic E-state index is 13.4. The first-order chi connectivity index (χ1) is 18.8. The number of amides is 3. The van der Waals surface area contributed by atoms with Gasteiger partial charge in [0.15, 0.2) is 0 Å². The van der Waals surface area contributed by atoms with E-state index in [2.05, 4.69) is 10.2 Å². The van der Waals surface area contributed by atoms with Gasteiger partial charge in [0.05, 0.1) is 25.3 Å². The van der Waals surface area contributed by atoms with Crippen molar-refractivity contribution in [2.45, 2.75) is 32.9 Å². The van der Waals surface area contributed by atoms with Crippen molar-refractivity contribution < 1.29 is 23.9 Å². The van der Waals surface area contributed by atoms with Crippen LogP contribution in [0.3, 0.4) is 0 Å². The molecule has 0 aliphatic carbocycles. The minimum absolute atomic E-state index is 0.0458. The van der Waals surface area contributed by atoms with Crippen LogP contribution in [0.4, 0.5) is 4.79 Å². The van der Waals surface area contributed by atoms with Gasteiger partial charge in [-0.1, -0.05) is 23.7 Å². The molecule has 2 aliphatic rings. The maximum Gasteiger partial charge on any atom is 0.338 e. The Hall–Kier alpha value is -3.56. The predicted molar refractivity (Wildman–Crippen MR) is 149 cm³/mol. The Balaban J connectivity index is 1.63. The van der Waals surface area contributed by atoms with Gasteiger partial charge in [-0.2, -0.15) is 0 Å². The van der Waals surface area contributed by atoms with Gasteiger partial charge in [0.2, 0.25) is 0 Å². The molecule has 2 aromatic rings. The lowest BCUT2D eigenvalue weighted by Crippen LogP contribution is -2.56. The summed E-state index contributed by atoms with van der Waals surface area (Å²) in [6, 6.07) is 13.2. The molecule has 0 bridgehead atoms. The number of urea groups is 1. The molecule has 0 saturated carbocycles. The van der Waals surface area contributed by atoms with Gasteiger partial charge in [-0.3, -0.25) is 14.6 Å². The highest BCUT2D eigenvalue weighted by Gasteiger charge is 2.39. The van der Waals surface area contributed by atoms with E-state index in [0.717, 1.165) is 5.56 Å². The van der Waals surface area contributed by atoms with E-state index in [4.69, 9.17) is 21.1 Å². The Morgan fingerprint density at radius 3 is 2.49 bits per heavy atom. The zero-order valence-corrected chi connectivity index (χ0v) is 23.5. The highest BCUT2D eigenvalue weighted by atomic mass is 35.5. The van der Waals surface area contributed by atoms with E-state index in [-0.39, 0.29) is 24.6 Å². The molecule has 0 radical (unpaired) electrons. The van der Waals surface area contributed by atoms with E-state index in [1.807, 2.05) is 43.0 Å². The highest BCUT2D eigenvalue weighted by molar-refractivity contribution is 6.30. The average molecular weight is 555 g/mol. The number of nitrogens with zero attached hydrogens (tertiary/aromatic N) is 3. The first-order valence-corrected chi connectivity index (χ1v) is 13.6. The second-order valence-electron chi connectivity index (χ2n) is 9.57. The topological polar surface area (TPSA) is 91.4 Å². The summed E-state index contributed by atoms with van der Waals surface area (Å²) in [6.07, 6.45) is 0. The Morgan fingerprint density at radius 2 is 1.85 bits per heavy atom. The summed E-state index contributed by atoms with van der Waals surface area (Å²) in [5, 5.41) is 3.57. The molecule has 39 heavy (non-hydrogen) atoms. The van der Waals surface area contributed by atoms with Crippen molar-refractivity contribution >= 4 is 29.5 Å². The molecule has 0 spiro atoms. The number of benzene rings is 2. The molecule has 4 rings (SSSR count). The molecule has 2 aliphatic heterocycles. The third kappa shape index (κ3) is 6.20. The number of hydrogen-bond donors (Lipinski definition) is 1. The van der Waals surface area contributed by atoms with Crippen molar-refractivity contribution in [2.24, 2.45) is 0 Å². The fourth-order valence-corrected chi connectivity index (χ4v) is 5.30. The number of hydrogen-bond acceptors (Lipinski definition) is 6. The molecule has 1 fully saturated rings. The van der Waals surface area contributed by atoms with Crippen molar-refractivity contribution in [3.63, 3.8) is 0 Å². The highest BCUT2D eigenvalue weighted by Crippen LogP contribution is 2.33. The number of carbonyl (C=O) groups is 3. The third-order valence-electron chi connectivity index (χ3n) is 7.11. The molecular formula is C29H35ClN4O5. The molecule has 208 valence electrons. The SMILES string of the molecule is CCOC(=O)C1=C(CN2CCN(C(=O)c3ccc(Cl)cc3)C(C)C2)N(CC)C(=O)NC1c1cccc(OC)c1. The number of halogens is 1. The fraction of sp³-hybridized carbons (Fsp3) is 0.414. The normalized spacial score (nSPS) is 20.1. The summed E-state index contributed by atoms with van der Waals surface area (Å²) < 4.78 is 10.9. The first-order valence-electron chi connectivity index (χ1n) is 13.2. The van der Waals surface area contributed by atoms with Gasteiger partial charge in [0.1, 0.15) is 5.75 Å². The summed E-state index contributed by atoms with van der Waals surface area (Å²) >= 11 is 5.99. The van der Waals surface area contributed by atoms with Gasteiger partial charge < -0.3 is 19.7 Å². The van der Waals surface area contributed by atoms with Gasteiger partial charge in [-0.05, 0) is 62.7 Å². The van der Waals surface area contributed by atoms with Crippen LogP contribution in [0.25, 0.3) is 0 Å². The second-order valence-corrected chi connectivity index (χ2v) is 10.0. The van der Waals surface area contributed by atoms with Crippen molar-refractivity contribution in [2.75, 3.05) is 46.4 Å². The number of rotatable bonds is 8. The Morgan fingerprint density at radius 1 is 1.10 bits per heavy atom. The molecule has 2 heterocycles. The number of methoxy groups -OCH3 is 1. The van der Waals surface area contributed by atoms with E-state index >= 15 is 0 Å². The summed E-state index contributed by atoms with van der Waals surface area (Å²) in [5.41, 5.74) is 2.33. The molecule has 2 aromatic carbocycles. The number of nitrogens with one attached hydrogen (secondary N) is 1. The van der Waals surface area contributed by atoms with Gasteiger partial charge in [-0.15, -0.1) is 0 Å². The van der Waals surface area contributed by atoms with Crippen LogP contribution < -0.4 is 10.1 Å². The predicted octanol–water partition coefficient (Wildman–Crippen LogP) is 4.10. The lowest BCUT2D eigenvalue weighted by Gasteiger charge is -2.43. The summed E-state index contributed by atoms with van der Waals surface area (Å²) in [5.74, 6) is 0.110. The summed E-state index contributed by atoms with van der Waals surface area (Å²) in [4.78, 5) is 45.4. The van der Waals surface area contributed by atoms with Crippen molar-refractivity contribution in [3.05, 3.63) is 76.0 Å². The fourth-order valence-electron chi connectivity index (χ4n) is 5.18. The van der Waals surface area contributed by atoms with Crippen LogP contribution in [0.15, 0.2) is 59.8 Å². The monoisotopic (exact) mass is 554 g/mol. The lowest BCUT2D eigenvalue weighted by molar-refractivity contribution is -0.139. The standard InChI is InChI=1S/C29H35ClN4O5/c1-5-33-24(18-32-14-15-34(19(3)17-32)27(35)20-10-12-22(30)13-11-20)25(28(36)39-6-2)26(31-29(33)37)21-8-7-9-23(16-21)38-4/h7-13,16,19,26H,5-6,14-15,17-18H2,1-4H3,(H,31,37). The van der Waals surface area contributed by atoms with Crippen LogP contribution in [0.1, 0.15) is 42.7 Å². The quantitative estimate of drug-likeness (QED) is 0.494. The molecule has 10 heteroatoms. The summed E-state index contributed by atoms with van der Waals surface area (Å²) in [7, 11) is 1.57. The van der Waals surface area contributed by atoms with Gasteiger partial charge in [0.25, 0.3) is 5.91 Å². The summed E-state index contributed by atoms with van der Waals surface area (Å²) in [6.45, 7) is 8.29. The lowest BCUT2D eigenvalue weighted by atomic mass is 9.93. The molecule has 2 unspecified atom stereocenters. The number of ether oxygens (including phenoxy) is 2. The van der Waals surface area contributed by atoms with Crippen LogP contribution in [-0.2, 0) is 9.53 Å². The van der Waals surface area contributed by atoms with Gasteiger partial charge in [0, 0.05) is 55.0 Å². The number of carbonyl (C=O) groups excluding carboxylic acids is 3. The minimum atomic E-state index is -0.686. The number of likely N-dealkylation sites (N-methyl/N-ethyl adjacent to an activating group) is 1. The van der Waals surface area contributed by atoms with Gasteiger partial charge in [-0.25, -0.2) is 9.59 Å². The van der Waals surface area contributed by atoms with Gasteiger partial charge >= 0.3 is 12.0 Å².